The highest BCUT2D eigenvalue weighted by molar-refractivity contribution is 5.10. The first-order chi connectivity index (χ1) is 6.61. The molecule has 2 nitrogen and oxygen atoms in total. The first-order valence-electron chi connectivity index (χ1n) is 5.18. The Morgan fingerprint density at radius 2 is 1.79 bits per heavy atom. The standard InChI is InChI=1S/C12H19NO/c1-9(2)12(10(3)14)8-11-4-6-13-7-5-11/h4-7,9-10,12,14H,8H2,1-3H3. The number of pyridine rings is 1. The van der Waals surface area contributed by atoms with E-state index in [2.05, 4.69) is 18.8 Å². The van der Waals surface area contributed by atoms with Crippen molar-refractivity contribution in [1.29, 1.82) is 0 Å². The second kappa shape index (κ2) is 5.11. The monoisotopic (exact) mass is 193 g/mol. The Kier molecular flexibility index (Phi) is 4.08. The summed E-state index contributed by atoms with van der Waals surface area (Å²) < 4.78 is 0. The Hall–Kier alpha value is -0.890. The third-order valence-corrected chi connectivity index (χ3v) is 2.70. The van der Waals surface area contributed by atoms with Crippen molar-refractivity contribution < 1.29 is 5.11 Å². The Labute approximate surface area is 86.0 Å². The first kappa shape index (κ1) is 11.2. The number of hydrogen-bond donors (Lipinski definition) is 1. The largest absolute Gasteiger partial charge is 0.393 e. The van der Waals surface area contributed by atoms with Crippen LogP contribution in [-0.4, -0.2) is 16.2 Å². The lowest BCUT2D eigenvalue weighted by molar-refractivity contribution is 0.0977. The molecule has 14 heavy (non-hydrogen) atoms. The minimum Gasteiger partial charge on any atom is -0.393 e. The second-order valence-corrected chi connectivity index (χ2v) is 4.21. The molecule has 1 rings (SSSR count). The summed E-state index contributed by atoms with van der Waals surface area (Å²) in [6.45, 7) is 6.17. The van der Waals surface area contributed by atoms with Crippen LogP contribution >= 0.6 is 0 Å². The van der Waals surface area contributed by atoms with Gasteiger partial charge in [0, 0.05) is 12.4 Å². The van der Waals surface area contributed by atoms with Crippen LogP contribution in [0.5, 0.6) is 0 Å². The lowest BCUT2D eigenvalue weighted by Crippen LogP contribution is -2.24. The van der Waals surface area contributed by atoms with E-state index in [1.165, 1.54) is 5.56 Å². The number of rotatable bonds is 4. The van der Waals surface area contributed by atoms with Crippen LogP contribution in [0, 0.1) is 11.8 Å². The third-order valence-electron chi connectivity index (χ3n) is 2.70. The molecule has 0 spiro atoms. The molecule has 0 aliphatic carbocycles. The summed E-state index contributed by atoms with van der Waals surface area (Å²) in [6, 6.07) is 4.02. The van der Waals surface area contributed by atoms with Gasteiger partial charge in [0.15, 0.2) is 0 Å². The molecule has 0 amide bonds. The molecule has 0 aromatic carbocycles. The Bertz CT molecular complexity index is 248. The summed E-state index contributed by atoms with van der Waals surface area (Å²) in [7, 11) is 0. The van der Waals surface area contributed by atoms with Gasteiger partial charge in [-0.3, -0.25) is 4.98 Å². The maximum Gasteiger partial charge on any atom is 0.0545 e. The normalized spacial score (nSPS) is 15.5. The quantitative estimate of drug-likeness (QED) is 0.795. The van der Waals surface area contributed by atoms with E-state index in [0.717, 1.165) is 6.42 Å². The molecule has 0 saturated heterocycles. The summed E-state index contributed by atoms with van der Waals surface area (Å²) >= 11 is 0. The number of hydrogen-bond acceptors (Lipinski definition) is 2. The van der Waals surface area contributed by atoms with Crippen molar-refractivity contribution in [2.75, 3.05) is 0 Å². The van der Waals surface area contributed by atoms with Crippen LogP contribution in [0.15, 0.2) is 24.5 Å². The van der Waals surface area contributed by atoms with Gasteiger partial charge in [0.05, 0.1) is 6.10 Å². The van der Waals surface area contributed by atoms with Crippen molar-refractivity contribution in [1.82, 2.24) is 4.98 Å². The maximum absolute atomic E-state index is 9.63. The second-order valence-electron chi connectivity index (χ2n) is 4.21. The predicted octanol–water partition coefficient (Wildman–Crippen LogP) is 2.28. The molecule has 2 unspecified atom stereocenters. The van der Waals surface area contributed by atoms with Crippen LogP contribution in [0.3, 0.4) is 0 Å². The predicted molar refractivity (Wildman–Crippen MR) is 57.9 cm³/mol. The molecule has 0 saturated carbocycles. The molecule has 0 aliphatic heterocycles. The summed E-state index contributed by atoms with van der Waals surface area (Å²) in [5.41, 5.74) is 1.25. The molecule has 0 radical (unpaired) electrons. The van der Waals surface area contributed by atoms with Crippen LogP contribution in [0.25, 0.3) is 0 Å². The average molecular weight is 193 g/mol. The zero-order valence-corrected chi connectivity index (χ0v) is 9.14. The van der Waals surface area contributed by atoms with Gasteiger partial charge in [0.1, 0.15) is 0 Å². The van der Waals surface area contributed by atoms with Gasteiger partial charge in [-0.05, 0) is 42.9 Å². The van der Waals surface area contributed by atoms with E-state index < -0.39 is 0 Å². The van der Waals surface area contributed by atoms with E-state index in [9.17, 15) is 5.11 Å². The van der Waals surface area contributed by atoms with Crippen LogP contribution in [0.4, 0.5) is 0 Å². The fraction of sp³-hybridized carbons (Fsp3) is 0.583. The lowest BCUT2D eigenvalue weighted by atomic mass is 9.86. The fourth-order valence-corrected chi connectivity index (χ4v) is 1.75. The Morgan fingerprint density at radius 1 is 1.21 bits per heavy atom. The minimum absolute atomic E-state index is 0.247. The van der Waals surface area contributed by atoms with E-state index in [1.54, 1.807) is 12.4 Å². The molecule has 1 heterocycles. The van der Waals surface area contributed by atoms with Crippen molar-refractivity contribution in [2.45, 2.75) is 33.3 Å². The lowest BCUT2D eigenvalue weighted by Gasteiger charge is -2.23. The van der Waals surface area contributed by atoms with Gasteiger partial charge in [-0.25, -0.2) is 0 Å². The molecular formula is C12H19NO. The third kappa shape index (κ3) is 3.11. The number of nitrogens with zero attached hydrogens (tertiary/aromatic N) is 1. The van der Waals surface area contributed by atoms with Crippen LogP contribution in [-0.2, 0) is 6.42 Å². The SMILES string of the molecule is CC(C)C(Cc1ccncc1)C(C)O. The summed E-state index contributed by atoms with van der Waals surface area (Å²) in [5, 5.41) is 9.63. The zero-order valence-electron chi connectivity index (χ0n) is 9.14. The van der Waals surface area contributed by atoms with Crippen molar-refractivity contribution in [3.63, 3.8) is 0 Å². The van der Waals surface area contributed by atoms with Crippen LogP contribution < -0.4 is 0 Å². The Balaban J connectivity index is 2.65. The Morgan fingerprint density at radius 3 is 2.21 bits per heavy atom. The van der Waals surface area contributed by atoms with E-state index in [1.807, 2.05) is 19.1 Å². The number of aliphatic hydroxyl groups excluding tert-OH is 1. The van der Waals surface area contributed by atoms with Crippen molar-refractivity contribution in [3.8, 4) is 0 Å². The highest BCUT2D eigenvalue weighted by atomic mass is 16.3. The zero-order chi connectivity index (χ0) is 10.6. The minimum atomic E-state index is -0.247. The van der Waals surface area contributed by atoms with Gasteiger partial charge in [-0.1, -0.05) is 13.8 Å². The average Bonchev–Trinajstić information content (AvgIpc) is 2.15. The van der Waals surface area contributed by atoms with Crippen molar-refractivity contribution >= 4 is 0 Å². The van der Waals surface area contributed by atoms with Gasteiger partial charge in [-0.15, -0.1) is 0 Å². The van der Waals surface area contributed by atoms with Gasteiger partial charge in [0.25, 0.3) is 0 Å². The van der Waals surface area contributed by atoms with Crippen LogP contribution in [0.1, 0.15) is 26.3 Å². The summed E-state index contributed by atoms with van der Waals surface area (Å²) in [5.74, 6) is 0.834. The fourth-order valence-electron chi connectivity index (χ4n) is 1.75. The van der Waals surface area contributed by atoms with Gasteiger partial charge < -0.3 is 5.11 Å². The maximum atomic E-state index is 9.63. The van der Waals surface area contributed by atoms with E-state index >= 15 is 0 Å². The highest BCUT2D eigenvalue weighted by Crippen LogP contribution is 2.20. The van der Waals surface area contributed by atoms with Crippen molar-refractivity contribution in [3.05, 3.63) is 30.1 Å². The smallest absolute Gasteiger partial charge is 0.0545 e. The first-order valence-corrected chi connectivity index (χ1v) is 5.18. The van der Waals surface area contributed by atoms with E-state index in [-0.39, 0.29) is 6.10 Å². The molecule has 1 N–H and O–H groups in total. The topological polar surface area (TPSA) is 33.1 Å². The number of aromatic nitrogens is 1. The van der Waals surface area contributed by atoms with E-state index in [4.69, 9.17) is 0 Å². The summed E-state index contributed by atoms with van der Waals surface area (Å²) in [4.78, 5) is 3.98. The molecule has 1 aromatic rings. The molecule has 0 aliphatic rings. The molecule has 2 atom stereocenters. The molecular weight excluding hydrogens is 174 g/mol. The highest BCUT2D eigenvalue weighted by Gasteiger charge is 2.18. The molecule has 0 fully saturated rings. The van der Waals surface area contributed by atoms with Gasteiger partial charge >= 0.3 is 0 Å². The van der Waals surface area contributed by atoms with Crippen LogP contribution in [0.2, 0.25) is 0 Å². The number of aliphatic hydroxyl groups is 1. The van der Waals surface area contributed by atoms with Gasteiger partial charge in [-0.2, -0.15) is 0 Å². The molecule has 78 valence electrons. The summed E-state index contributed by atoms with van der Waals surface area (Å²) in [6.07, 6.45) is 4.28. The molecule has 0 bridgehead atoms. The molecule has 1 aromatic heterocycles. The van der Waals surface area contributed by atoms with Crippen molar-refractivity contribution in [2.24, 2.45) is 11.8 Å². The van der Waals surface area contributed by atoms with E-state index in [0.29, 0.717) is 11.8 Å². The molecule has 2 heteroatoms. The van der Waals surface area contributed by atoms with Gasteiger partial charge in [0.2, 0.25) is 0 Å².